The molecule has 3 rings (SSSR count). The zero-order valence-corrected chi connectivity index (χ0v) is 18.8. The normalized spacial score (nSPS) is 16.2. The molecule has 1 atom stereocenters. The second-order valence-corrected chi connectivity index (χ2v) is 8.30. The van der Waals surface area contributed by atoms with E-state index >= 15 is 0 Å². The molecule has 1 aliphatic rings. The van der Waals surface area contributed by atoms with E-state index in [-0.39, 0.29) is 11.9 Å². The maximum Gasteiger partial charge on any atom is 0.223 e. The van der Waals surface area contributed by atoms with Gasteiger partial charge in [-0.25, -0.2) is 9.97 Å². The van der Waals surface area contributed by atoms with Gasteiger partial charge in [0.1, 0.15) is 11.6 Å². The summed E-state index contributed by atoms with van der Waals surface area (Å²) in [5.41, 5.74) is 2.12. The fourth-order valence-corrected chi connectivity index (χ4v) is 3.81. The number of carbonyl (C=O) groups excluding carboxylic acids is 1. The Hall–Kier alpha value is -2.67. The molecule has 162 valence electrons. The van der Waals surface area contributed by atoms with Gasteiger partial charge in [-0.1, -0.05) is 12.1 Å². The average Bonchev–Trinajstić information content (AvgIpc) is 3.21. The van der Waals surface area contributed by atoms with Gasteiger partial charge in [0.25, 0.3) is 0 Å². The second-order valence-electron chi connectivity index (χ2n) is 8.30. The molecule has 0 bridgehead atoms. The molecule has 0 radical (unpaired) electrons. The Morgan fingerprint density at radius 3 is 2.53 bits per heavy atom. The first kappa shape index (κ1) is 22.0. The van der Waals surface area contributed by atoms with Crippen LogP contribution in [-0.4, -0.2) is 67.5 Å². The van der Waals surface area contributed by atoms with E-state index in [0.717, 1.165) is 61.0 Å². The number of hydrogen-bond acceptors (Lipinski definition) is 6. The summed E-state index contributed by atoms with van der Waals surface area (Å²) in [5.74, 6) is 2.64. The van der Waals surface area contributed by atoms with Gasteiger partial charge in [-0.15, -0.1) is 0 Å². The number of amides is 1. The van der Waals surface area contributed by atoms with E-state index in [4.69, 9.17) is 14.7 Å². The maximum absolute atomic E-state index is 13.0. The highest BCUT2D eigenvalue weighted by Gasteiger charge is 2.32. The van der Waals surface area contributed by atoms with E-state index in [1.54, 1.807) is 7.11 Å². The van der Waals surface area contributed by atoms with Crippen molar-refractivity contribution in [1.29, 1.82) is 0 Å². The predicted molar refractivity (Wildman–Crippen MR) is 119 cm³/mol. The van der Waals surface area contributed by atoms with Crippen LogP contribution in [0.15, 0.2) is 30.3 Å². The molecule has 1 aromatic heterocycles. The van der Waals surface area contributed by atoms with Gasteiger partial charge in [-0.3, -0.25) is 4.79 Å². The van der Waals surface area contributed by atoms with Gasteiger partial charge in [0.2, 0.25) is 5.91 Å². The second kappa shape index (κ2) is 9.89. The molecule has 1 saturated heterocycles. The number of carbonyl (C=O) groups is 1. The van der Waals surface area contributed by atoms with Gasteiger partial charge < -0.3 is 19.4 Å². The Morgan fingerprint density at radius 2 is 1.90 bits per heavy atom. The number of nitrogens with zero attached hydrogens (tertiary/aromatic N) is 5. The van der Waals surface area contributed by atoms with Crippen molar-refractivity contribution in [3.8, 4) is 5.75 Å². The molecule has 0 aliphatic carbocycles. The molecule has 0 saturated carbocycles. The lowest BCUT2D eigenvalue weighted by Gasteiger charge is -2.25. The molecule has 1 fully saturated rings. The Morgan fingerprint density at radius 1 is 1.17 bits per heavy atom. The molecule has 1 aliphatic heterocycles. The summed E-state index contributed by atoms with van der Waals surface area (Å²) in [7, 11) is 9.68. The minimum Gasteiger partial charge on any atom is -0.497 e. The summed E-state index contributed by atoms with van der Waals surface area (Å²) in [6.07, 6.45) is 3.10. The number of likely N-dealkylation sites (tertiary alicyclic amines) is 1. The Bertz CT molecular complexity index is 851. The van der Waals surface area contributed by atoms with Crippen LogP contribution in [0.2, 0.25) is 0 Å². The number of aromatic nitrogens is 2. The van der Waals surface area contributed by atoms with Crippen molar-refractivity contribution < 1.29 is 9.53 Å². The molecule has 30 heavy (non-hydrogen) atoms. The third-order valence-electron chi connectivity index (χ3n) is 5.38. The van der Waals surface area contributed by atoms with Gasteiger partial charge in [0.15, 0.2) is 5.82 Å². The molecule has 2 heterocycles. The number of aryl methyl sites for hydroxylation is 1. The molecule has 0 unspecified atom stereocenters. The van der Waals surface area contributed by atoms with Crippen LogP contribution >= 0.6 is 0 Å². The quantitative estimate of drug-likeness (QED) is 0.666. The van der Waals surface area contributed by atoms with Crippen LogP contribution < -0.4 is 9.64 Å². The monoisotopic (exact) mass is 411 g/mol. The summed E-state index contributed by atoms with van der Waals surface area (Å²) in [6, 6.07) is 9.88. The fourth-order valence-electron chi connectivity index (χ4n) is 3.81. The minimum atomic E-state index is -0.0471. The summed E-state index contributed by atoms with van der Waals surface area (Å²) >= 11 is 0. The smallest absolute Gasteiger partial charge is 0.223 e. The van der Waals surface area contributed by atoms with Gasteiger partial charge in [0.05, 0.1) is 18.8 Å². The van der Waals surface area contributed by atoms with Crippen LogP contribution in [0.1, 0.15) is 42.4 Å². The van der Waals surface area contributed by atoms with Gasteiger partial charge in [0, 0.05) is 39.7 Å². The zero-order chi connectivity index (χ0) is 21.7. The van der Waals surface area contributed by atoms with Gasteiger partial charge in [-0.2, -0.15) is 0 Å². The SMILES string of the molecule is COc1ccc(CCC(=O)N2CCC[C@H]2c2nc(CN(C)C)cc(N(C)C)n2)cc1. The molecule has 0 N–H and O–H groups in total. The van der Waals surface area contributed by atoms with E-state index in [9.17, 15) is 4.79 Å². The topological polar surface area (TPSA) is 61.8 Å². The summed E-state index contributed by atoms with van der Waals surface area (Å²) < 4.78 is 5.20. The van der Waals surface area contributed by atoms with E-state index in [0.29, 0.717) is 6.42 Å². The molecule has 1 aromatic carbocycles. The molecule has 0 spiro atoms. The number of methoxy groups -OCH3 is 1. The molecular formula is C23H33N5O2. The van der Waals surface area contributed by atoms with Crippen molar-refractivity contribution in [2.24, 2.45) is 0 Å². The average molecular weight is 412 g/mol. The van der Waals surface area contributed by atoms with Crippen molar-refractivity contribution in [2.45, 2.75) is 38.3 Å². The zero-order valence-electron chi connectivity index (χ0n) is 18.8. The first-order chi connectivity index (χ1) is 14.4. The number of rotatable bonds is 8. The molecule has 7 heteroatoms. The summed E-state index contributed by atoms with van der Waals surface area (Å²) in [5, 5.41) is 0. The van der Waals surface area contributed by atoms with E-state index in [1.165, 1.54) is 0 Å². The third-order valence-corrected chi connectivity index (χ3v) is 5.38. The molecule has 1 amide bonds. The summed E-state index contributed by atoms with van der Waals surface area (Å²) in [4.78, 5) is 28.7. The van der Waals surface area contributed by atoms with E-state index in [1.807, 2.05) is 68.3 Å². The Labute approximate surface area is 179 Å². The lowest BCUT2D eigenvalue weighted by molar-refractivity contribution is -0.132. The van der Waals surface area contributed by atoms with Crippen LogP contribution in [0.4, 0.5) is 5.82 Å². The van der Waals surface area contributed by atoms with Crippen LogP contribution in [0.25, 0.3) is 0 Å². The van der Waals surface area contributed by atoms with Crippen molar-refractivity contribution in [1.82, 2.24) is 19.8 Å². The Kier molecular flexibility index (Phi) is 7.26. The Balaban J connectivity index is 1.73. The van der Waals surface area contributed by atoms with Crippen LogP contribution in [0, 0.1) is 0 Å². The summed E-state index contributed by atoms with van der Waals surface area (Å²) in [6.45, 7) is 1.51. The lowest BCUT2D eigenvalue weighted by atomic mass is 10.1. The number of ether oxygens (including phenoxy) is 1. The van der Waals surface area contributed by atoms with Crippen molar-refractivity contribution in [3.63, 3.8) is 0 Å². The van der Waals surface area contributed by atoms with Crippen LogP contribution in [0.5, 0.6) is 5.75 Å². The number of benzene rings is 1. The highest BCUT2D eigenvalue weighted by molar-refractivity contribution is 5.77. The lowest BCUT2D eigenvalue weighted by Crippen LogP contribution is -2.32. The van der Waals surface area contributed by atoms with E-state index in [2.05, 4.69) is 4.90 Å². The first-order valence-corrected chi connectivity index (χ1v) is 10.5. The molecular weight excluding hydrogens is 378 g/mol. The largest absolute Gasteiger partial charge is 0.497 e. The van der Waals surface area contributed by atoms with Crippen molar-refractivity contribution in [3.05, 3.63) is 47.4 Å². The van der Waals surface area contributed by atoms with Crippen molar-refractivity contribution in [2.75, 3.05) is 46.7 Å². The standard InChI is InChI=1S/C23H33N5O2/c1-26(2)16-18-15-21(27(3)4)25-23(24-18)20-7-6-14-28(20)22(29)13-10-17-8-11-19(30-5)12-9-17/h8-9,11-12,15,20H,6-7,10,13-14,16H2,1-5H3/t20-/m0/s1. The maximum atomic E-state index is 13.0. The van der Waals surface area contributed by atoms with Gasteiger partial charge >= 0.3 is 0 Å². The highest BCUT2D eigenvalue weighted by atomic mass is 16.5. The third kappa shape index (κ3) is 5.48. The number of hydrogen-bond donors (Lipinski definition) is 0. The predicted octanol–water partition coefficient (Wildman–Crippen LogP) is 2.91. The number of anilines is 1. The van der Waals surface area contributed by atoms with Crippen LogP contribution in [-0.2, 0) is 17.8 Å². The minimum absolute atomic E-state index is 0.0471. The highest BCUT2D eigenvalue weighted by Crippen LogP contribution is 2.32. The fraction of sp³-hybridized carbons (Fsp3) is 0.522. The van der Waals surface area contributed by atoms with Crippen molar-refractivity contribution >= 4 is 11.7 Å². The molecule has 7 nitrogen and oxygen atoms in total. The van der Waals surface area contributed by atoms with Gasteiger partial charge in [-0.05, 0) is 51.1 Å². The van der Waals surface area contributed by atoms with E-state index < -0.39 is 0 Å². The van der Waals surface area contributed by atoms with Crippen LogP contribution in [0.3, 0.4) is 0 Å². The molecule has 2 aromatic rings. The first-order valence-electron chi connectivity index (χ1n) is 10.5.